The number of para-hydroxylation sites is 1. The molecular weight excluding hydrogens is 338 g/mol. The Bertz CT molecular complexity index is 499. The maximum absolute atomic E-state index is 5.81. The summed E-state index contributed by atoms with van der Waals surface area (Å²) in [6, 6.07) is 5.44. The highest BCUT2D eigenvalue weighted by molar-refractivity contribution is 9.11. The standard InChI is InChI=1S/C10H7Br2N3O/c11-6-2-1-3-8(13)9(6)16-10-7(12)4-14-5-15-10/h1-5H,13H2. The molecule has 82 valence electrons. The highest BCUT2D eigenvalue weighted by atomic mass is 79.9. The van der Waals surface area contributed by atoms with Crippen LogP contribution in [0, 0.1) is 0 Å². The molecule has 6 heteroatoms. The summed E-state index contributed by atoms with van der Waals surface area (Å²) in [5.74, 6) is 0.968. The molecule has 0 atom stereocenters. The van der Waals surface area contributed by atoms with Crippen LogP contribution in [-0.4, -0.2) is 9.97 Å². The molecule has 0 radical (unpaired) electrons. The number of benzene rings is 1. The van der Waals surface area contributed by atoms with E-state index in [1.807, 2.05) is 12.1 Å². The van der Waals surface area contributed by atoms with E-state index in [-0.39, 0.29) is 0 Å². The van der Waals surface area contributed by atoms with Crippen molar-refractivity contribution in [1.29, 1.82) is 0 Å². The Morgan fingerprint density at radius 3 is 2.69 bits per heavy atom. The monoisotopic (exact) mass is 343 g/mol. The smallest absolute Gasteiger partial charge is 0.236 e. The highest BCUT2D eigenvalue weighted by Gasteiger charge is 2.09. The van der Waals surface area contributed by atoms with Crippen molar-refractivity contribution >= 4 is 37.5 Å². The van der Waals surface area contributed by atoms with Crippen LogP contribution < -0.4 is 10.5 Å². The third-order valence-corrected chi connectivity index (χ3v) is 3.00. The summed E-state index contributed by atoms with van der Waals surface area (Å²) >= 11 is 6.66. The molecule has 0 spiro atoms. The average Bonchev–Trinajstić information content (AvgIpc) is 2.26. The normalized spacial score (nSPS) is 10.1. The van der Waals surface area contributed by atoms with Gasteiger partial charge >= 0.3 is 0 Å². The molecule has 0 aliphatic carbocycles. The van der Waals surface area contributed by atoms with Crippen LogP contribution in [-0.2, 0) is 0 Å². The largest absolute Gasteiger partial charge is 0.434 e. The lowest BCUT2D eigenvalue weighted by atomic mass is 10.3. The van der Waals surface area contributed by atoms with Crippen LogP contribution in [0.15, 0.2) is 39.7 Å². The van der Waals surface area contributed by atoms with Crippen molar-refractivity contribution in [1.82, 2.24) is 9.97 Å². The first-order chi connectivity index (χ1) is 7.68. The van der Waals surface area contributed by atoms with Crippen molar-refractivity contribution in [3.8, 4) is 11.6 Å². The number of anilines is 1. The molecule has 0 amide bonds. The molecule has 0 saturated carbocycles. The lowest BCUT2D eigenvalue weighted by molar-refractivity contribution is 0.457. The maximum atomic E-state index is 5.81. The fraction of sp³-hybridized carbons (Fsp3) is 0. The predicted octanol–water partition coefficient (Wildman–Crippen LogP) is 3.38. The van der Waals surface area contributed by atoms with Crippen LogP contribution in [0.4, 0.5) is 5.69 Å². The number of nitrogen functional groups attached to an aromatic ring is 1. The van der Waals surface area contributed by atoms with Gasteiger partial charge in [0.1, 0.15) is 6.33 Å². The quantitative estimate of drug-likeness (QED) is 0.848. The van der Waals surface area contributed by atoms with Gasteiger partial charge in [0.15, 0.2) is 5.75 Å². The van der Waals surface area contributed by atoms with Gasteiger partial charge in [0.05, 0.1) is 14.6 Å². The molecule has 2 N–H and O–H groups in total. The number of nitrogens with two attached hydrogens (primary N) is 1. The third-order valence-electron chi connectivity index (χ3n) is 1.83. The molecule has 2 aromatic rings. The van der Waals surface area contributed by atoms with Gasteiger partial charge in [-0.05, 0) is 44.0 Å². The SMILES string of the molecule is Nc1cccc(Br)c1Oc1ncncc1Br. The Hall–Kier alpha value is -1.14. The van der Waals surface area contributed by atoms with Crippen LogP contribution in [0.5, 0.6) is 11.6 Å². The second kappa shape index (κ2) is 4.80. The van der Waals surface area contributed by atoms with Gasteiger partial charge in [-0.2, -0.15) is 0 Å². The molecular formula is C10H7Br2N3O. The van der Waals surface area contributed by atoms with E-state index in [9.17, 15) is 0 Å². The van der Waals surface area contributed by atoms with Crippen LogP contribution >= 0.6 is 31.9 Å². The summed E-state index contributed by atoms with van der Waals surface area (Å²) in [4.78, 5) is 7.85. The van der Waals surface area contributed by atoms with Crippen molar-refractivity contribution in [3.63, 3.8) is 0 Å². The van der Waals surface area contributed by atoms with Crippen molar-refractivity contribution in [3.05, 3.63) is 39.7 Å². The molecule has 0 unspecified atom stereocenters. The Balaban J connectivity index is 2.38. The predicted molar refractivity (Wildman–Crippen MR) is 68.4 cm³/mol. The number of hydrogen-bond donors (Lipinski definition) is 1. The summed E-state index contributed by atoms with van der Waals surface area (Å²) < 4.78 is 7.05. The topological polar surface area (TPSA) is 61.0 Å². The second-order valence-electron chi connectivity index (χ2n) is 2.94. The van der Waals surface area contributed by atoms with Crippen LogP contribution in [0.25, 0.3) is 0 Å². The minimum Gasteiger partial charge on any atom is -0.434 e. The van der Waals surface area contributed by atoms with Crippen molar-refractivity contribution in [2.45, 2.75) is 0 Å². The molecule has 0 bridgehead atoms. The van der Waals surface area contributed by atoms with E-state index in [4.69, 9.17) is 10.5 Å². The minimum absolute atomic E-state index is 0.425. The van der Waals surface area contributed by atoms with E-state index in [0.29, 0.717) is 21.8 Å². The van der Waals surface area contributed by atoms with Gasteiger partial charge < -0.3 is 10.5 Å². The van der Waals surface area contributed by atoms with E-state index in [2.05, 4.69) is 41.8 Å². The molecule has 1 heterocycles. The molecule has 2 rings (SSSR count). The highest BCUT2D eigenvalue weighted by Crippen LogP contribution is 2.36. The molecule has 0 fully saturated rings. The Morgan fingerprint density at radius 2 is 2.00 bits per heavy atom. The van der Waals surface area contributed by atoms with Gasteiger partial charge in [0.2, 0.25) is 5.88 Å². The van der Waals surface area contributed by atoms with Gasteiger partial charge in [0, 0.05) is 6.20 Å². The average molecular weight is 345 g/mol. The lowest BCUT2D eigenvalue weighted by Gasteiger charge is -2.09. The van der Waals surface area contributed by atoms with Crippen molar-refractivity contribution < 1.29 is 4.74 Å². The van der Waals surface area contributed by atoms with Crippen molar-refractivity contribution in [2.24, 2.45) is 0 Å². The number of ether oxygens (including phenoxy) is 1. The van der Waals surface area contributed by atoms with Crippen LogP contribution in [0.3, 0.4) is 0 Å². The molecule has 0 saturated heterocycles. The zero-order valence-corrected chi connectivity index (χ0v) is 11.2. The van der Waals surface area contributed by atoms with E-state index in [1.54, 1.807) is 12.3 Å². The van der Waals surface area contributed by atoms with Gasteiger partial charge in [-0.3, -0.25) is 0 Å². The van der Waals surface area contributed by atoms with E-state index < -0.39 is 0 Å². The lowest BCUT2D eigenvalue weighted by Crippen LogP contribution is -1.95. The summed E-state index contributed by atoms with van der Waals surface area (Å²) in [6.45, 7) is 0. The third kappa shape index (κ3) is 2.33. The maximum Gasteiger partial charge on any atom is 0.236 e. The molecule has 4 nitrogen and oxygen atoms in total. The molecule has 1 aromatic heterocycles. The number of rotatable bonds is 2. The summed E-state index contributed by atoms with van der Waals surface area (Å²) in [5, 5.41) is 0. The van der Waals surface area contributed by atoms with Gasteiger partial charge in [-0.25, -0.2) is 9.97 Å². The van der Waals surface area contributed by atoms with Gasteiger partial charge in [-0.1, -0.05) is 6.07 Å². The van der Waals surface area contributed by atoms with Gasteiger partial charge in [-0.15, -0.1) is 0 Å². The van der Waals surface area contributed by atoms with E-state index >= 15 is 0 Å². The van der Waals surface area contributed by atoms with E-state index in [0.717, 1.165) is 4.47 Å². The first kappa shape index (κ1) is 11.3. The van der Waals surface area contributed by atoms with Crippen LogP contribution in [0.1, 0.15) is 0 Å². The minimum atomic E-state index is 0.425. The summed E-state index contributed by atoms with van der Waals surface area (Å²) in [5.41, 5.74) is 6.35. The van der Waals surface area contributed by atoms with Gasteiger partial charge in [0.25, 0.3) is 0 Å². The molecule has 16 heavy (non-hydrogen) atoms. The summed E-state index contributed by atoms with van der Waals surface area (Å²) in [6.07, 6.45) is 3.02. The fourth-order valence-corrected chi connectivity index (χ4v) is 1.87. The Kier molecular flexibility index (Phi) is 3.40. The van der Waals surface area contributed by atoms with Crippen LogP contribution in [0.2, 0.25) is 0 Å². The second-order valence-corrected chi connectivity index (χ2v) is 4.64. The zero-order valence-electron chi connectivity index (χ0n) is 8.02. The number of nitrogens with zero attached hydrogens (tertiary/aromatic N) is 2. The molecule has 1 aromatic carbocycles. The number of halogens is 2. The fourth-order valence-electron chi connectivity index (χ4n) is 1.11. The first-order valence-electron chi connectivity index (χ1n) is 4.36. The first-order valence-corrected chi connectivity index (χ1v) is 5.94. The Labute approximate surface area is 109 Å². The zero-order chi connectivity index (χ0) is 11.5. The number of hydrogen-bond acceptors (Lipinski definition) is 4. The molecule has 0 aliphatic heterocycles. The number of aromatic nitrogens is 2. The molecule has 0 aliphatic rings. The summed E-state index contributed by atoms with van der Waals surface area (Å²) in [7, 11) is 0. The Morgan fingerprint density at radius 1 is 1.19 bits per heavy atom. The van der Waals surface area contributed by atoms with E-state index in [1.165, 1.54) is 6.33 Å². The van der Waals surface area contributed by atoms with Crippen molar-refractivity contribution in [2.75, 3.05) is 5.73 Å².